The van der Waals surface area contributed by atoms with E-state index in [2.05, 4.69) is 10.6 Å². The van der Waals surface area contributed by atoms with E-state index in [1.165, 1.54) is 5.57 Å². The first-order valence-corrected chi connectivity index (χ1v) is 4.07. The molecule has 1 heterocycles. The molecule has 1 aliphatic heterocycles. The van der Waals surface area contributed by atoms with Crippen LogP contribution >= 0.6 is 0 Å². The fourth-order valence-corrected chi connectivity index (χ4v) is 1.70. The fourth-order valence-electron chi connectivity index (χ4n) is 1.70. The number of carbonyl (C=O) groups is 1. The lowest BCUT2D eigenvalue weighted by molar-refractivity contribution is 0.246. The zero-order valence-electron chi connectivity index (χ0n) is 7.22. The van der Waals surface area contributed by atoms with Crippen LogP contribution in [0.2, 0.25) is 0 Å². The van der Waals surface area contributed by atoms with Crippen molar-refractivity contribution in [2.45, 2.75) is 25.4 Å². The third kappa shape index (κ3) is 0.793. The van der Waals surface area contributed by atoms with Gasteiger partial charge in [0.15, 0.2) is 0 Å². The molecule has 0 aromatic heterocycles. The SMILES string of the molecule is CC1=CC=CC2NC(=O)NC12C. The molecular formula is C9H12N2O. The van der Waals surface area contributed by atoms with Gasteiger partial charge in [-0.3, -0.25) is 0 Å². The summed E-state index contributed by atoms with van der Waals surface area (Å²) in [5.41, 5.74) is 0.972. The standard InChI is InChI=1S/C9H12N2O/c1-6-4-3-5-7-9(6,2)11-8(12)10-7/h3-5,7H,1-2H3,(H2,10,11,12). The van der Waals surface area contributed by atoms with Crippen molar-refractivity contribution in [3.8, 4) is 0 Å². The van der Waals surface area contributed by atoms with Crippen LogP contribution in [-0.4, -0.2) is 17.6 Å². The molecule has 1 aliphatic carbocycles. The average Bonchev–Trinajstić information content (AvgIpc) is 2.27. The molecule has 2 N–H and O–H groups in total. The highest BCUT2D eigenvalue weighted by Crippen LogP contribution is 2.28. The van der Waals surface area contributed by atoms with Crippen LogP contribution in [0.15, 0.2) is 23.8 Å². The van der Waals surface area contributed by atoms with Crippen LogP contribution in [0, 0.1) is 0 Å². The number of carbonyl (C=O) groups excluding carboxylic acids is 1. The minimum absolute atomic E-state index is 0.0817. The maximum atomic E-state index is 11.1. The van der Waals surface area contributed by atoms with E-state index in [9.17, 15) is 4.79 Å². The second-order valence-corrected chi connectivity index (χ2v) is 3.51. The summed E-state index contributed by atoms with van der Waals surface area (Å²) in [6.07, 6.45) is 6.02. The lowest BCUT2D eigenvalue weighted by atomic mass is 9.83. The number of hydrogen-bond donors (Lipinski definition) is 2. The van der Waals surface area contributed by atoms with Gasteiger partial charge in [0.25, 0.3) is 0 Å². The number of amides is 2. The minimum atomic E-state index is -0.216. The van der Waals surface area contributed by atoms with Gasteiger partial charge >= 0.3 is 6.03 Å². The third-order valence-electron chi connectivity index (χ3n) is 2.75. The Morgan fingerprint density at radius 1 is 1.58 bits per heavy atom. The lowest BCUT2D eigenvalue weighted by Crippen LogP contribution is -2.47. The Hall–Kier alpha value is -1.25. The molecule has 1 fully saturated rings. The number of urea groups is 1. The van der Waals surface area contributed by atoms with Gasteiger partial charge in [0.2, 0.25) is 0 Å². The molecular weight excluding hydrogens is 152 g/mol. The monoisotopic (exact) mass is 164 g/mol. The summed E-state index contributed by atoms with van der Waals surface area (Å²) < 4.78 is 0. The highest BCUT2D eigenvalue weighted by molar-refractivity contribution is 5.80. The fraction of sp³-hybridized carbons (Fsp3) is 0.444. The first kappa shape index (κ1) is 7.40. The largest absolute Gasteiger partial charge is 0.329 e. The molecule has 0 saturated carbocycles. The highest BCUT2D eigenvalue weighted by atomic mass is 16.2. The van der Waals surface area contributed by atoms with Gasteiger partial charge in [-0.2, -0.15) is 0 Å². The van der Waals surface area contributed by atoms with E-state index < -0.39 is 0 Å². The van der Waals surface area contributed by atoms with Gasteiger partial charge in [-0.1, -0.05) is 18.2 Å². The van der Waals surface area contributed by atoms with Gasteiger partial charge < -0.3 is 10.6 Å². The Morgan fingerprint density at radius 2 is 2.33 bits per heavy atom. The predicted molar refractivity (Wildman–Crippen MR) is 46.8 cm³/mol. The zero-order chi connectivity index (χ0) is 8.77. The van der Waals surface area contributed by atoms with E-state index in [0.717, 1.165) is 0 Å². The minimum Gasteiger partial charge on any atom is -0.329 e. The summed E-state index contributed by atoms with van der Waals surface area (Å²) in [6, 6.07) is 0.0248. The molecule has 1 saturated heterocycles. The second-order valence-electron chi connectivity index (χ2n) is 3.51. The van der Waals surface area contributed by atoms with E-state index in [1.54, 1.807) is 0 Å². The Balaban J connectivity index is 2.41. The Bertz CT molecular complexity index is 293. The quantitative estimate of drug-likeness (QED) is 0.549. The normalized spacial score (nSPS) is 38.3. The van der Waals surface area contributed by atoms with Crippen LogP contribution in [0.3, 0.4) is 0 Å². The van der Waals surface area contributed by atoms with E-state index in [-0.39, 0.29) is 17.6 Å². The summed E-state index contributed by atoms with van der Waals surface area (Å²) in [7, 11) is 0. The number of allylic oxidation sites excluding steroid dienone is 2. The molecule has 2 unspecified atom stereocenters. The van der Waals surface area contributed by atoms with E-state index >= 15 is 0 Å². The number of fused-ring (bicyclic) bond motifs is 1. The third-order valence-corrected chi connectivity index (χ3v) is 2.75. The topological polar surface area (TPSA) is 41.1 Å². The summed E-state index contributed by atoms with van der Waals surface area (Å²) in [5, 5.41) is 5.76. The number of rotatable bonds is 0. The van der Waals surface area contributed by atoms with Gasteiger partial charge in [0.1, 0.15) is 0 Å². The molecule has 3 nitrogen and oxygen atoms in total. The van der Waals surface area contributed by atoms with Crippen molar-refractivity contribution < 1.29 is 4.79 Å². The van der Waals surface area contributed by atoms with Crippen LogP contribution in [0.1, 0.15) is 13.8 Å². The molecule has 0 aromatic carbocycles. The molecule has 0 bridgehead atoms. The van der Waals surface area contributed by atoms with Crippen LogP contribution in [-0.2, 0) is 0 Å². The summed E-state index contributed by atoms with van der Waals surface area (Å²) in [4.78, 5) is 11.1. The Morgan fingerprint density at radius 3 is 3.00 bits per heavy atom. The van der Waals surface area contributed by atoms with Crippen molar-refractivity contribution in [3.05, 3.63) is 23.8 Å². The molecule has 0 radical (unpaired) electrons. The van der Waals surface area contributed by atoms with Crippen LogP contribution < -0.4 is 10.6 Å². The highest BCUT2D eigenvalue weighted by Gasteiger charge is 2.43. The van der Waals surface area contributed by atoms with E-state index in [4.69, 9.17) is 0 Å². The maximum absolute atomic E-state index is 11.1. The van der Waals surface area contributed by atoms with Crippen LogP contribution in [0.4, 0.5) is 4.79 Å². The number of nitrogens with one attached hydrogen (secondary N) is 2. The van der Waals surface area contributed by atoms with Crippen molar-refractivity contribution >= 4 is 6.03 Å². The predicted octanol–water partition coefficient (Wildman–Crippen LogP) is 0.943. The molecule has 2 aliphatic rings. The van der Waals surface area contributed by atoms with E-state index in [1.807, 2.05) is 32.1 Å². The maximum Gasteiger partial charge on any atom is 0.316 e. The van der Waals surface area contributed by atoms with Crippen molar-refractivity contribution in [1.82, 2.24) is 10.6 Å². The average molecular weight is 164 g/mol. The Kier molecular flexibility index (Phi) is 1.31. The first-order chi connectivity index (χ1) is 5.63. The first-order valence-electron chi connectivity index (χ1n) is 4.07. The molecule has 0 spiro atoms. The lowest BCUT2D eigenvalue weighted by Gasteiger charge is -2.31. The molecule has 2 rings (SSSR count). The second kappa shape index (κ2) is 2.12. The Labute approximate surface area is 71.5 Å². The van der Waals surface area contributed by atoms with Crippen LogP contribution in [0.5, 0.6) is 0 Å². The van der Waals surface area contributed by atoms with Gasteiger partial charge in [0.05, 0.1) is 11.6 Å². The summed E-state index contributed by atoms with van der Waals surface area (Å²) in [5.74, 6) is 0. The molecule has 12 heavy (non-hydrogen) atoms. The molecule has 64 valence electrons. The zero-order valence-corrected chi connectivity index (χ0v) is 7.22. The molecule has 0 aromatic rings. The van der Waals surface area contributed by atoms with Gasteiger partial charge in [-0.15, -0.1) is 0 Å². The summed E-state index contributed by atoms with van der Waals surface area (Å²) in [6.45, 7) is 4.06. The van der Waals surface area contributed by atoms with Crippen molar-refractivity contribution in [1.29, 1.82) is 0 Å². The van der Waals surface area contributed by atoms with Gasteiger partial charge in [-0.05, 0) is 19.4 Å². The van der Waals surface area contributed by atoms with Gasteiger partial charge in [-0.25, -0.2) is 4.79 Å². The molecule has 3 heteroatoms. The molecule has 2 amide bonds. The van der Waals surface area contributed by atoms with Gasteiger partial charge in [0, 0.05) is 0 Å². The van der Waals surface area contributed by atoms with Crippen molar-refractivity contribution in [3.63, 3.8) is 0 Å². The van der Waals surface area contributed by atoms with Crippen molar-refractivity contribution in [2.75, 3.05) is 0 Å². The summed E-state index contributed by atoms with van der Waals surface area (Å²) >= 11 is 0. The smallest absolute Gasteiger partial charge is 0.316 e. The van der Waals surface area contributed by atoms with Crippen LogP contribution in [0.25, 0.3) is 0 Å². The van der Waals surface area contributed by atoms with Crippen molar-refractivity contribution in [2.24, 2.45) is 0 Å². The number of hydrogen-bond acceptors (Lipinski definition) is 1. The molecule has 2 atom stereocenters. The van der Waals surface area contributed by atoms with E-state index in [0.29, 0.717) is 0 Å².